The number of aliphatic hydroxyl groups is 1. The summed E-state index contributed by atoms with van der Waals surface area (Å²) in [5, 5.41) is 8.65. The molecule has 0 aromatic heterocycles. The first kappa shape index (κ1) is 12.2. The summed E-state index contributed by atoms with van der Waals surface area (Å²) in [5.74, 6) is 6.93. The maximum absolute atomic E-state index is 8.65. The van der Waals surface area contributed by atoms with E-state index in [1.807, 2.05) is 54.6 Å². The predicted octanol–water partition coefficient (Wildman–Crippen LogP) is 2.46. The van der Waals surface area contributed by atoms with Crippen LogP contribution in [0.25, 0.3) is 0 Å². The Bertz CT molecular complexity index is 533. The van der Waals surface area contributed by atoms with Gasteiger partial charge in [0.25, 0.3) is 0 Å². The highest BCUT2D eigenvalue weighted by Crippen LogP contribution is 2.11. The first-order valence-electron chi connectivity index (χ1n) is 5.79. The summed E-state index contributed by atoms with van der Waals surface area (Å²) in [6.45, 7) is 0.338. The molecule has 0 saturated heterocycles. The van der Waals surface area contributed by atoms with Gasteiger partial charge in [-0.1, -0.05) is 30.0 Å². The van der Waals surface area contributed by atoms with Crippen LogP contribution in [-0.2, 0) is 0 Å². The van der Waals surface area contributed by atoms with Gasteiger partial charge in [-0.2, -0.15) is 0 Å². The molecule has 0 heterocycles. The Labute approximate surface area is 107 Å². The maximum Gasteiger partial charge on any atom is 0.119 e. The second kappa shape index (κ2) is 6.48. The Morgan fingerprint density at radius 1 is 0.833 bits per heavy atom. The molecule has 0 fully saturated rings. The number of ether oxygens (including phenoxy) is 1. The summed E-state index contributed by atoms with van der Waals surface area (Å²) in [6.07, 6.45) is 0. The number of aliphatic hydroxyl groups excluding tert-OH is 1. The Kier molecular flexibility index (Phi) is 4.40. The van der Waals surface area contributed by atoms with Crippen LogP contribution in [0.3, 0.4) is 0 Å². The summed E-state index contributed by atoms with van der Waals surface area (Å²) >= 11 is 0. The van der Waals surface area contributed by atoms with Crippen LogP contribution in [0.5, 0.6) is 5.75 Å². The van der Waals surface area contributed by atoms with Crippen molar-refractivity contribution in [1.29, 1.82) is 0 Å². The van der Waals surface area contributed by atoms with Gasteiger partial charge in [0.2, 0.25) is 0 Å². The molecule has 0 spiro atoms. The highest BCUT2D eigenvalue weighted by atomic mass is 16.5. The Morgan fingerprint density at radius 3 is 2.06 bits per heavy atom. The van der Waals surface area contributed by atoms with Gasteiger partial charge >= 0.3 is 0 Å². The quantitative estimate of drug-likeness (QED) is 0.832. The van der Waals surface area contributed by atoms with Gasteiger partial charge in [-0.25, -0.2) is 0 Å². The monoisotopic (exact) mass is 238 g/mol. The molecule has 0 aliphatic rings. The van der Waals surface area contributed by atoms with E-state index < -0.39 is 0 Å². The van der Waals surface area contributed by atoms with Crippen LogP contribution >= 0.6 is 0 Å². The molecule has 2 aromatic carbocycles. The van der Waals surface area contributed by atoms with Crippen LogP contribution in [0.2, 0.25) is 0 Å². The van der Waals surface area contributed by atoms with E-state index in [4.69, 9.17) is 9.84 Å². The Balaban J connectivity index is 2.05. The first-order chi connectivity index (χ1) is 8.88. The van der Waals surface area contributed by atoms with Crippen molar-refractivity contribution in [3.63, 3.8) is 0 Å². The topological polar surface area (TPSA) is 29.5 Å². The molecule has 2 rings (SSSR count). The van der Waals surface area contributed by atoms with Crippen molar-refractivity contribution in [2.45, 2.75) is 0 Å². The van der Waals surface area contributed by atoms with Crippen LogP contribution in [0, 0.1) is 11.8 Å². The van der Waals surface area contributed by atoms with Crippen molar-refractivity contribution in [3.8, 4) is 17.6 Å². The van der Waals surface area contributed by atoms with Crippen LogP contribution < -0.4 is 4.74 Å². The third-order valence-corrected chi connectivity index (χ3v) is 2.34. The molecular formula is C16H14O2. The molecule has 2 heteroatoms. The zero-order valence-electron chi connectivity index (χ0n) is 9.97. The molecule has 0 bridgehead atoms. The van der Waals surface area contributed by atoms with E-state index >= 15 is 0 Å². The third kappa shape index (κ3) is 3.65. The van der Waals surface area contributed by atoms with E-state index in [2.05, 4.69) is 11.8 Å². The molecule has 0 radical (unpaired) electrons. The van der Waals surface area contributed by atoms with E-state index in [0.29, 0.717) is 6.61 Å². The van der Waals surface area contributed by atoms with Crippen molar-refractivity contribution in [3.05, 3.63) is 65.7 Å². The summed E-state index contributed by atoms with van der Waals surface area (Å²) in [4.78, 5) is 0. The van der Waals surface area contributed by atoms with Gasteiger partial charge in [0.15, 0.2) is 0 Å². The average molecular weight is 238 g/mol. The average Bonchev–Trinajstić information content (AvgIpc) is 2.45. The standard InChI is InChI=1S/C16H14O2/c17-12-13-18-16-10-8-15(9-11-16)7-6-14-4-2-1-3-5-14/h1-5,8-11,17H,12-13H2. The lowest BCUT2D eigenvalue weighted by molar-refractivity contribution is 0.201. The second-order valence-electron chi connectivity index (χ2n) is 3.71. The molecule has 90 valence electrons. The van der Waals surface area contributed by atoms with Gasteiger partial charge in [-0.05, 0) is 36.4 Å². The van der Waals surface area contributed by atoms with Crippen molar-refractivity contribution in [2.24, 2.45) is 0 Å². The van der Waals surface area contributed by atoms with Crippen molar-refractivity contribution in [1.82, 2.24) is 0 Å². The molecule has 0 unspecified atom stereocenters. The summed E-state index contributed by atoms with van der Waals surface area (Å²) < 4.78 is 5.27. The lowest BCUT2D eigenvalue weighted by Gasteiger charge is -2.02. The minimum atomic E-state index is 0.0234. The van der Waals surface area contributed by atoms with E-state index in [9.17, 15) is 0 Å². The zero-order chi connectivity index (χ0) is 12.6. The van der Waals surface area contributed by atoms with E-state index in [0.717, 1.165) is 16.9 Å². The van der Waals surface area contributed by atoms with Gasteiger partial charge in [0.05, 0.1) is 6.61 Å². The fraction of sp³-hybridized carbons (Fsp3) is 0.125. The van der Waals surface area contributed by atoms with Gasteiger partial charge < -0.3 is 9.84 Å². The minimum absolute atomic E-state index is 0.0234. The summed E-state index contributed by atoms with van der Waals surface area (Å²) in [5.41, 5.74) is 1.94. The third-order valence-electron chi connectivity index (χ3n) is 2.34. The van der Waals surface area contributed by atoms with Crippen molar-refractivity contribution >= 4 is 0 Å². The number of hydrogen-bond acceptors (Lipinski definition) is 2. The van der Waals surface area contributed by atoms with Crippen LogP contribution in [0.4, 0.5) is 0 Å². The predicted molar refractivity (Wildman–Crippen MR) is 71.4 cm³/mol. The van der Waals surface area contributed by atoms with E-state index in [-0.39, 0.29) is 6.61 Å². The number of rotatable bonds is 3. The Hall–Kier alpha value is -2.24. The number of hydrogen-bond donors (Lipinski definition) is 1. The smallest absolute Gasteiger partial charge is 0.119 e. The van der Waals surface area contributed by atoms with Crippen LogP contribution in [-0.4, -0.2) is 18.3 Å². The van der Waals surface area contributed by atoms with Crippen molar-refractivity contribution < 1.29 is 9.84 Å². The highest BCUT2D eigenvalue weighted by molar-refractivity contribution is 5.44. The molecule has 18 heavy (non-hydrogen) atoms. The van der Waals surface area contributed by atoms with Gasteiger partial charge in [-0.15, -0.1) is 0 Å². The van der Waals surface area contributed by atoms with Gasteiger partial charge in [-0.3, -0.25) is 0 Å². The molecule has 0 aliphatic carbocycles. The lowest BCUT2D eigenvalue weighted by atomic mass is 10.2. The van der Waals surface area contributed by atoms with Gasteiger partial charge in [0.1, 0.15) is 12.4 Å². The molecular weight excluding hydrogens is 224 g/mol. The fourth-order valence-electron chi connectivity index (χ4n) is 1.46. The molecule has 0 saturated carbocycles. The van der Waals surface area contributed by atoms with Crippen LogP contribution in [0.1, 0.15) is 11.1 Å². The first-order valence-corrected chi connectivity index (χ1v) is 5.79. The molecule has 2 nitrogen and oxygen atoms in total. The number of benzene rings is 2. The highest BCUT2D eigenvalue weighted by Gasteiger charge is 1.92. The summed E-state index contributed by atoms with van der Waals surface area (Å²) in [7, 11) is 0. The molecule has 1 N–H and O–H groups in total. The van der Waals surface area contributed by atoms with E-state index in [1.54, 1.807) is 0 Å². The maximum atomic E-state index is 8.65. The minimum Gasteiger partial charge on any atom is -0.491 e. The molecule has 0 amide bonds. The van der Waals surface area contributed by atoms with Gasteiger partial charge in [0, 0.05) is 11.1 Å². The van der Waals surface area contributed by atoms with E-state index in [1.165, 1.54) is 0 Å². The SMILES string of the molecule is OCCOc1ccc(C#Cc2ccccc2)cc1. The zero-order valence-corrected chi connectivity index (χ0v) is 9.97. The second-order valence-corrected chi connectivity index (χ2v) is 3.71. The normalized spacial score (nSPS) is 9.39. The Morgan fingerprint density at radius 2 is 1.44 bits per heavy atom. The fourth-order valence-corrected chi connectivity index (χ4v) is 1.46. The molecule has 0 atom stereocenters. The largest absolute Gasteiger partial charge is 0.491 e. The van der Waals surface area contributed by atoms with Crippen LogP contribution in [0.15, 0.2) is 54.6 Å². The molecule has 2 aromatic rings. The molecule has 0 aliphatic heterocycles. The summed E-state index contributed by atoms with van der Waals surface area (Å²) in [6, 6.07) is 17.4. The lowest BCUT2D eigenvalue weighted by Crippen LogP contribution is -2.01. The van der Waals surface area contributed by atoms with Crippen molar-refractivity contribution in [2.75, 3.05) is 13.2 Å².